The van der Waals surface area contributed by atoms with Crippen molar-refractivity contribution >= 4 is 44.7 Å². The molecule has 0 fully saturated rings. The number of rotatable bonds is 3. The van der Waals surface area contributed by atoms with Crippen LogP contribution in [0.1, 0.15) is 29.1 Å². The highest BCUT2D eigenvalue weighted by Gasteiger charge is 2.21. The van der Waals surface area contributed by atoms with Crippen LogP contribution in [0, 0.1) is 6.92 Å². The maximum absolute atomic E-state index is 6.16. The molecule has 0 unspecified atom stereocenters. The van der Waals surface area contributed by atoms with E-state index in [0.717, 1.165) is 46.1 Å². The number of hydrogen-bond donors (Lipinski definition) is 1. The third-order valence-electron chi connectivity index (χ3n) is 4.34. The van der Waals surface area contributed by atoms with Crippen LogP contribution in [0.2, 0.25) is 5.02 Å². The lowest BCUT2D eigenvalue weighted by Crippen LogP contribution is -2.03. The average Bonchev–Trinajstić information content (AvgIpc) is 2.93. The molecule has 4 nitrogen and oxygen atoms in total. The van der Waals surface area contributed by atoms with Crippen LogP contribution >= 0.6 is 22.9 Å². The van der Waals surface area contributed by atoms with Crippen molar-refractivity contribution in [2.45, 2.75) is 32.6 Å². The summed E-state index contributed by atoms with van der Waals surface area (Å²) in [6, 6.07) is 5.54. The first-order valence-electron chi connectivity index (χ1n) is 8.05. The minimum Gasteiger partial charge on any atom is -0.495 e. The van der Waals surface area contributed by atoms with Crippen molar-refractivity contribution in [3.8, 4) is 5.75 Å². The molecule has 6 heteroatoms. The fraction of sp³-hybridized carbons (Fsp3) is 0.333. The van der Waals surface area contributed by atoms with Crippen molar-refractivity contribution in [2.24, 2.45) is 0 Å². The van der Waals surface area contributed by atoms with Gasteiger partial charge in [0.15, 0.2) is 0 Å². The summed E-state index contributed by atoms with van der Waals surface area (Å²) in [5.41, 5.74) is 2.23. The standard InChI is InChI=1S/C18H18ClN3OS/c1-10-20-17(22-13-9-11(19)7-8-14(13)23-2)16-12-5-3-4-6-15(12)24-18(16)21-10/h7-9H,3-6H2,1-2H3,(H,20,21,22). The molecule has 1 aliphatic rings. The molecule has 1 aliphatic carbocycles. The van der Waals surface area contributed by atoms with Gasteiger partial charge in [0, 0.05) is 9.90 Å². The van der Waals surface area contributed by atoms with Crippen molar-refractivity contribution in [1.29, 1.82) is 0 Å². The zero-order valence-electron chi connectivity index (χ0n) is 13.6. The van der Waals surface area contributed by atoms with E-state index in [-0.39, 0.29) is 0 Å². The molecule has 24 heavy (non-hydrogen) atoms. The predicted octanol–water partition coefficient (Wildman–Crippen LogP) is 5.28. The van der Waals surface area contributed by atoms with Gasteiger partial charge in [-0.05, 0) is 56.4 Å². The number of thiophene rings is 1. The topological polar surface area (TPSA) is 47.0 Å². The molecule has 0 bridgehead atoms. The highest BCUT2D eigenvalue weighted by atomic mass is 35.5. The van der Waals surface area contributed by atoms with Crippen molar-refractivity contribution < 1.29 is 4.74 Å². The fourth-order valence-electron chi connectivity index (χ4n) is 3.26. The molecule has 1 aromatic carbocycles. The Morgan fingerprint density at radius 2 is 2.04 bits per heavy atom. The first-order chi connectivity index (χ1) is 11.7. The molecule has 0 radical (unpaired) electrons. The van der Waals surface area contributed by atoms with Crippen molar-refractivity contribution in [1.82, 2.24) is 9.97 Å². The summed E-state index contributed by atoms with van der Waals surface area (Å²) in [7, 11) is 1.65. The van der Waals surface area contributed by atoms with Gasteiger partial charge in [-0.1, -0.05) is 11.6 Å². The zero-order valence-corrected chi connectivity index (χ0v) is 15.2. The molecule has 0 amide bonds. The zero-order chi connectivity index (χ0) is 16.7. The van der Waals surface area contributed by atoms with Gasteiger partial charge in [-0.25, -0.2) is 9.97 Å². The summed E-state index contributed by atoms with van der Waals surface area (Å²) in [6.45, 7) is 1.93. The highest BCUT2D eigenvalue weighted by molar-refractivity contribution is 7.19. The van der Waals surface area contributed by atoms with Crippen LogP contribution in [0.3, 0.4) is 0 Å². The molecule has 0 spiro atoms. The number of benzene rings is 1. The monoisotopic (exact) mass is 359 g/mol. The maximum atomic E-state index is 6.16. The predicted molar refractivity (Wildman–Crippen MR) is 100 cm³/mol. The summed E-state index contributed by atoms with van der Waals surface area (Å²) in [5.74, 6) is 2.36. The Hall–Kier alpha value is -1.85. The number of methoxy groups -OCH3 is 1. The first-order valence-corrected chi connectivity index (χ1v) is 9.24. The van der Waals surface area contributed by atoms with Crippen molar-refractivity contribution in [3.63, 3.8) is 0 Å². The molecule has 3 aromatic rings. The molecule has 0 aliphatic heterocycles. The summed E-state index contributed by atoms with van der Waals surface area (Å²) >= 11 is 7.96. The third kappa shape index (κ3) is 2.72. The van der Waals surface area contributed by atoms with Gasteiger partial charge in [0.2, 0.25) is 0 Å². The molecule has 2 aromatic heterocycles. The smallest absolute Gasteiger partial charge is 0.143 e. The summed E-state index contributed by atoms with van der Waals surface area (Å²) in [5, 5.41) is 5.25. The van der Waals surface area contributed by atoms with Gasteiger partial charge in [-0.2, -0.15) is 0 Å². The Morgan fingerprint density at radius 3 is 2.88 bits per heavy atom. The second-order valence-electron chi connectivity index (χ2n) is 5.98. The van der Waals surface area contributed by atoms with E-state index < -0.39 is 0 Å². The van der Waals surface area contributed by atoms with Crippen LogP contribution in [0.5, 0.6) is 5.75 Å². The number of nitrogens with zero attached hydrogens (tertiary/aromatic N) is 2. The van der Waals surface area contributed by atoms with Crippen LogP contribution in [-0.4, -0.2) is 17.1 Å². The molecular weight excluding hydrogens is 342 g/mol. The number of aromatic nitrogens is 2. The van der Waals surface area contributed by atoms with Gasteiger partial charge in [-0.3, -0.25) is 0 Å². The quantitative estimate of drug-likeness (QED) is 0.690. The lowest BCUT2D eigenvalue weighted by Gasteiger charge is -2.14. The van der Waals surface area contributed by atoms with Gasteiger partial charge in [-0.15, -0.1) is 11.3 Å². The van der Waals surface area contributed by atoms with Crippen molar-refractivity contribution in [2.75, 3.05) is 12.4 Å². The van der Waals surface area contributed by atoms with Gasteiger partial charge < -0.3 is 10.1 Å². The van der Waals surface area contributed by atoms with Crippen LogP contribution < -0.4 is 10.1 Å². The molecule has 0 atom stereocenters. The molecule has 2 heterocycles. The Bertz CT molecular complexity index is 922. The van der Waals surface area contributed by atoms with Gasteiger partial charge in [0.05, 0.1) is 18.2 Å². The number of ether oxygens (including phenoxy) is 1. The lowest BCUT2D eigenvalue weighted by atomic mass is 9.97. The van der Waals surface area contributed by atoms with Gasteiger partial charge >= 0.3 is 0 Å². The second-order valence-corrected chi connectivity index (χ2v) is 7.50. The summed E-state index contributed by atoms with van der Waals surface area (Å²) < 4.78 is 5.45. The van der Waals surface area contributed by atoms with Crippen LogP contribution in [-0.2, 0) is 12.8 Å². The van der Waals surface area contributed by atoms with Gasteiger partial charge in [0.25, 0.3) is 0 Å². The minimum atomic E-state index is 0.660. The average molecular weight is 360 g/mol. The minimum absolute atomic E-state index is 0.660. The fourth-order valence-corrected chi connectivity index (χ4v) is 4.74. The Balaban J connectivity index is 1.87. The third-order valence-corrected chi connectivity index (χ3v) is 5.76. The second kappa shape index (κ2) is 6.22. The van der Waals surface area contributed by atoms with E-state index in [1.807, 2.05) is 25.1 Å². The van der Waals surface area contributed by atoms with E-state index >= 15 is 0 Å². The lowest BCUT2D eigenvalue weighted by molar-refractivity contribution is 0.417. The van der Waals surface area contributed by atoms with Gasteiger partial charge in [0.1, 0.15) is 22.2 Å². The number of halogens is 1. The molecule has 0 saturated carbocycles. The SMILES string of the molecule is COc1ccc(Cl)cc1Nc1nc(C)nc2sc3c(c12)CCCC3. The van der Waals surface area contributed by atoms with E-state index in [4.69, 9.17) is 16.3 Å². The Kier molecular flexibility index (Phi) is 4.06. The molecule has 1 N–H and O–H groups in total. The van der Waals surface area contributed by atoms with E-state index in [0.29, 0.717) is 5.02 Å². The molecule has 0 saturated heterocycles. The highest BCUT2D eigenvalue weighted by Crippen LogP contribution is 2.40. The number of aryl methyl sites for hydroxylation is 3. The van der Waals surface area contributed by atoms with Crippen LogP contribution in [0.15, 0.2) is 18.2 Å². The molecule has 124 valence electrons. The van der Waals surface area contributed by atoms with Crippen molar-refractivity contribution in [3.05, 3.63) is 39.5 Å². The number of hydrogen-bond acceptors (Lipinski definition) is 5. The number of nitrogens with one attached hydrogen (secondary N) is 1. The largest absolute Gasteiger partial charge is 0.495 e. The Labute approximate surface area is 149 Å². The number of anilines is 2. The normalized spacial score (nSPS) is 13.8. The number of fused-ring (bicyclic) bond motifs is 3. The van der Waals surface area contributed by atoms with Crippen LogP contribution in [0.4, 0.5) is 11.5 Å². The molecular formula is C18H18ClN3OS. The van der Waals surface area contributed by atoms with E-state index in [2.05, 4.69) is 15.3 Å². The van der Waals surface area contributed by atoms with Crippen LogP contribution in [0.25, 0.3) is 10.2 Å². The van der Waals surface area contributed by atoms with E-state index in [1.165, 1.54) is 23.3 Å². The summed E-state index contributed by atoms with van der Waals surface area (Å²) in [4.78, 5) is 11.8. The Morgan fingerprint density at radius 1 is 1.21 bits per heavy atom. The summed E-state index contributed by atoms with van der Waals surface area (Å²) in [6.07, 6.45) is 4.74. The van der Waals surface area contributed by atoms with E-state index in [9.17, 15) is 0 Å². The molecule has 4 rings (SSSR count). The maximum Gasteiger partial charge on any atom is 0.143 e. The van der Waals surface area contributed by atoms with E-state index in [1.54, 1.807) is 18.4 Å². The first kappa shape index (κ1) is 15.7.